The van der Waals surface area contributed by atoms with Crippen LogP contribution in [-0.4, -0.2) is 49.8 Å². The molecular weight excluding hydrogens is 535 g/mol. The SMILES string of the molecule is Cc1nc(C(=O)OCC2CC2)c(-c2cccc(C(F)(F)F)c2)s1.[NH-]CCNC(=O)c1cccc2c1OCCO2. The number of carbonyl (C=O) groups is 2. The van der Waals surface area contributed by atoms with E-state index >= 15 is 0 Å². The Morgan fingerprint density at radius 1 is 1.15 bits per heavy atom. The van der Waals surface area contributed by atoms with Gasteiger partial charge >= 0.3 is 12.1 Å². The lowest BCUT2D eigenvalue weighted by atomic mass is 10.1. The maximum Gasteiger partial charge on any atom is 0.416 e. The maximum atomic E-state index is 12.9. The van der Waals surface area contributed by atoms with Gasteiger partial charge in [0.05, 0.1) is 27.6 Å². The molecule has 2 aliphatic rings. The van der Waals surface area contributed by atoms with E-state index in [0.29, 0.717) is 64.8 Å². The number of para-hydroxylation sites is 1. The van der Waals surface area contributed by atoms with Gasteiger partial charge in [0.2, 0.25) is 0 Å². The fraction of sp³-hybridized carbons (Fsp3) is 0.370. The summed E-state index contributed by atoms with van der Waals surface area (Å²) in [4.78, 5) is 28.5. The van der Waals surface area contributed by atoms with E-state index in [4.69, 9.17) is 19.9 Å². The number of amides is 1. The second-order valence-corrected chi connectivity index (χ2v) is 10.1. The first-order chi connectivity index (χ1) is 18.7. The van der Waals surface area contributed by atoms with Crippen LogP contribution in [0.1, 0.15) is 44.3 Å². The van der Waals surface area contributed by atoms with Crippen LogP contribution < -0.4 is 14.8 Å². The molecule has 2 aromatic carbocycles. The van der Waals surface area contributed by atoms with Gasteiger partial charge in [-0.05, 0) is 62.1 Å². The first-order valence-corrected chi connectivity index (χ1v) is 13.1. The van der Waals surface area contributed by atoms with E-state index in [1.54, 1.807) is 31.2 Å². The average Bonchev–Trinajstić information content (AvgIpc) is 3.68. The number of fused-ring (bicyclic) bond motifs is 1. The zero-order valence-corrected chi connectivity index (χ0v) is 21.9. The van der Waals surface area contributed by atoms with Gasteiger partial charge in [-0.3, -0.25) is 4.79 Å². The number of aryl methyl sites for hydroxylation is 1. The Bertz CT molecular complexity index is 1320. The Morgan fingerprint density at radius 3 is 2.62 bits per heavy atom. The van der Waals surface area contributed by atoms with Crippen molar-refractivity contribution in [1.29, 1.82) is 0 Å². The zero-order chi connectivity index (χ0) is 28.0. The standard InChI is InChI=1S/C16H14F3NO2S.C11H13N2O3/c1-9-20-13(15(21)22-8-10-5-6-10)14(23-9)11-3-2-4-12(7-11)16(17,18)19;12-4-5-13-11(14)8-2-1-3-9-10(8)16-7-6-15-9/h2-4,7,10H,5-6,8H2,1H3;1-3,12H,4-7H2,(H,13,14)/q;-1. The third-order valence-electron chi connectivity index (χ3n) is 5.75. The van der Waals surface area contributed by atoms with Gasteiger partial charge in [0.1, 0.15) is 13.2 Å². The Kier molecular flexibility index (Phi) is 9.08. The lowest BCUT2D eigenvalue weighted by molar-refractivity contribution is -0.137. The molecule has 1 amide bonds. The predicted molar refractivity (Wildman–Crippen MR) is 139 cm³/mol. The van der Waals surface area contributed by atoms with E-state index in [1.165, 1.54) is 17.4 Å². The molecule has 1 aliphatic heterocycles. The smallest absolute Gasteiger partial charge is 0.416 e. The molecule has 0 atom stereocenters. The van der Waals surface area contributed by atoms with Crippen molar-refractivity contribution in [3.8, 4) is 21.9 Å². The summed E-state index contributed by atoms with van der Waals surface area (Å²) in [6.45, 7) is 3.51. The summed E-state index contributed by atoms with van der Waals surface area (Å²) < 4.78 is 54.6. The highest BCUT2D eigenvalue weighted by Crippen LogP contribution is 2.36. The number of halogens is 3. The lowest BCUT2D eigenvalue weighted by Gasteiger charge is -2.20. The summed E-state index contributed by atoms with van der Waals surface area (Å²) in [6.07, 6.45) is -2.34. The maximum absolute atomic E-state index is 12.9. The summed E-state index contributed by atoms with van der Waals surface area (Å²) in [5.74, 6) is 0.708. The number of hydrogen-bond donors (Lipinski definition) is 1. The Labute approximate surface area is 227 Å². The van der Waals surface area contributed by atoms with Crippen molar-refractivity contribution in [2.45, 2.75) is 25.9 Å². The third kappa shape index (κ3) is 7.48. The van der Waals surface area contributed by atoms with Gasteiger partial charge < -0.3 is 25.3 Å². The lowest BCUT2D eigenvalue weighted by Crippen LogP contribution is -2.27. The molecule has 12 heteroatoms. The van der Waals surface area contributed by atoms with Gasteiger partial charge in [0, 0.05) is 0 Å². The van der Waals surface area contributed by atoms with Crippen LogP contribution in [0.25, 0.3) is 16.2 Å². The molecule has 5 rings (SSSR count). The molecule has 0 radical (unpaired) electrons. The first-order valence-electron chi connectivity index (χ1n) is 12.3. The van der Waals surface area contributed by atoms with Crippen LogP contribution in [0.2, 0.25) is 0 Å². The van der Waals surface area contributed by atoms with Crippen molar-refractivity contribution >= 4 is 23.2 Å². The topological polar surface area (TPSA) is 111 Å². The van der Waals surface area contributed by atoms with Crippen molar-refractivity contribution in [3.63, 3.8) is 0 Å². The molecular formula is C27H27F3N3O5S-. The van der Waals surface area contributed by atoms with Crippen LogP contribution >= 0.6 is 11.3 Å². The molecule has 0 unspecified atom stereocenters. The number of nitrogens with zero attached hydrogens (tertiary/aromatic N) is 1. The van der Waals surface area contributed by atoms with E-state index in [2.05, 4.69) is 10.3 Å². The van der Waals surface area contributed by atoms with Crippen LogP contribution in [0.5, 0.6) is 11.5 Å². The minimum Gasteiger partial charge on any atom is -0.676 e. The molecule has 1 saturated carbocycles. The fourth-order valence-corrected chi connectivity index (χ4v) is 4.57. The number of thiazole rings is 1. The molecule has 39 heavy (non-hydrogen) atoms. The molecule has 3 aromatic rings. The number of alkyl halides is 3. The number of aromatic nitrogens is 1. The van der Waals surface area contributed by atoms with Crippen molar-refractivity contribution in [2.24, 2.45) is 5.92 Å². The monoisotopic (exact) mass is 562 g/mol. The quantitative estimate of drug-likeness (QED) is 0.357. The molecule has 208 valence electrons. The van der Waals surface area contributed by atoms with Gasteiger partial charge in [-0.1, -0.05) is 18.2 Å². The fourth-order valence-electron chi connectivity index (χ4n) is 3.67. The van der Waals surface area contributed by atoms with Gasteiger partial charge in [-0.25, -0.2) is 9.78 Å². The van der Waals surface area contributed by atoms with Crippen molar-refractivity contribution in [1.82, 2.24) is 10.3 Å². The molecule has 1 aliphatic carbocycles. The van der Waals surface area contributed by atoms with Gasteiger partial charge in [-0.2, -0.15) is 13.2 Å². The highest BCUT2D eigenvalue weighted by Gasteiger charge is 2.31. The number of ether oxygens (including phenoxy) is 3. The molecule has 8 nitrogen and oxygen atoms in total. The van der Waals surface area contributed by atoms with Crippen LogP contribution in [-0.2, 0) is 10.9 Å². The van der Waals surface area contributed by atoms with E-state index in [0.717, 1.165) is 25.0 Å². The predicted octanol–water partition coefficient (Wildman–Crippen LogP) is 5.94. The van der Waals surface area contributed by atoms with Crippen LogP contribution in [0.15, 0.2) is 42.5 Å². The number of nitrogens with one attached hydrogen (secondary N) is 2. The highest BCUT2D eigenvalue weighted by atomic mass is 32.1. The second kappa shape index (κ2) is 12.5. The number of hydrogen-bond acceptors (Lipinski definition) is 7. The van der Waals surface area contributed by atoms with E-state index in [9.17, 15) is 22.8 Å². The summed E-state index contributed by atoms with van der Waals surface area (Å²) in [7, 11) is 0. The highest BCUT2D eigenvalue weighted by molar-refractivity contribution is 7.15. The number of rotatable bonds is 7. The zero-order valence-electron chi connectivity index (χ0n) is 21.1. The summed E-state index contributed by atoms with van der Waals surface area (Å²) in [5.41, 5.74) is 7.10. The third-order valence-corrected chi connectivity index (χ3v) is 6.77. The minimum atomic E-state index is -4.43. The molecule has 2 heterocycles. The van der Waals surface area contributed by atoms with Crippen molar-refractivity contribution < 1.29 is 37.0 Å². The summed E-state index contributed by atoms with van der Waals surface area (Å²) >= 11 is 1.19. The van der Waals surface area contributed by atoms with E-state index in [1.807, 2.05) is 0 Å². The van der Waals surface area contributed by atoms with Gasteiger partial charge in [0.25, 0.3) is 5.91 Å². The van der Waals surface area contributed by atoms with Crippen LogP contribution in [0.3, 0.4) is 0 Å². The van der Waals surface area contributed by atoms with E-state index < -0.39 is 17.7 Å². The summed E-state index contributed by atoms with van der Waals surface area (Å²) in [5, 5.41) is 3.24. The molecule has 0 bridgehead atoms. The molecule has 1 aromatic heterocycles. The van der Waals surface area contributed by atoms with Crippen LogP contribution in [0.4, 0.5) is 13.2 Å². The second-order valence-electron chi connectivity index (χ2n) is 8.87. The van der Waals surface area contributed by atoms with Crippen molar-refractivity contribution in [3.05, 3.63) is 70.0 Å². The molecule has 2 N–H and O–H groups in total. The first kappa shape index (κ1) is 28.4. The number of esters is 1. The molecule has 1 fully saturated rings. The van der Waals surface area contributed by atoms with E-state index in [-0.39, 0.29) is 18.1 Å². The largest absolute Gasteiger partial charge is 0.676 e. The van der Waals surface area contributed by atoms with Crippen molar-refractivity contribution in [2.75, 3.05) is 32.9 Å². The molecule has 0 saturated heterocycles. The van der Waals surface area contributed by atoms with Crippen LogP contribution in [0, 0.1) is 12.8 Å². The Hall–Kier alpha value is -3.64. The minimum absolute atomic E-state index is 0.0903. The Morgan fingerprint density at radius 2 is 1.90 bits per heavy atom. The number of carbonyl (C=O) groups excluding carboxylic acids is 2. The van der Waals surface area contributed by atoms with Gasteiger partial charge in [-0.15, -0.1) is 17.9 Å². The molecule has 0 spiro atoms. The average molecular weight is 563 g/mol. The number of benzene rings is 2. The Balaban J connectivity index is 0.000000193. The normalized spacial score (nSPS) is 14.2. The van der Waals surface area contributed by atoms with Gasteiger partial charge in [0.15, 0.2) is 17.2 Å². The summed E-state index contributed by atoms with van der Waals surface area (Å²) in [6, 6.07) is 10.1.